The maximum Gasteiger partial charge on any atom is 0.189 e. The molecule has 2 aromatic carbocycles. The topological polar surface area (TPSA) is 46.5 Å². The minimum Gasteiger partial charge on any atom is -0.508 e. The molecule has 1 N–H and O–H groups in total. The summed E-state index contributed by atoms with van der Waals surface area (Å²) in [6.07, 6.45) is 3.15. The summed E-state index contributed by atoms with van der Waals surface area (Å²) < 4.78 is 5.43. The number of carbonyl (C=O) groups is 1. The van der Waals surface area contributed by atoms with E-state index in [0.717, 1.165) is 5.56 Å². The minimum atomic E-state index is -0.127. The number of ketones is 1. The van der Waals surface area contributed by atoms with E-state index < -0.39 is 0 Å². The first-order chi connectivity index (χ1) is 9.70. The van der Waals surface area contributed by atoms with Crippen LogP contribution >= 0.6 is 0 Å². The third kappa shape index (κ3) is 3.48. The van der Waals surface area contributed by atoms with E-state index in [1.807, 2.05) is 19.1 Å². The Labute approximate surface area is 118 Å². The molecule has 0 saturated heterocycles. The molecule has 20 heavy (non-hydrogen) atoms. The third-order valence-electron chi connectivity index (χ3n) is 2.75. The van der Waals surface area contributed by atoms with Crippen molar-refractivity contribution >= 4 is 11.9 Å². The zero-order chi connectivity index (χ0) is 14.4. The van der Waals surface area contributed by atoms with Crippen molar-refractivity contribution in [2.75, 3.05) is 6.61 Å². The summed E-state index contributed by atoms with van der Waals surface area (Å²) >= 11 is 0. The molecule has 0 aliphatic rings. The molecular weight excluding hydrogens is 252 g/mol. The fourth-order valence-corrected chi connectivity index (χ4v) is 1.84. The number of aromatic hydroxyl groups is 1. The van der Waals surface area contributed by atoms with Crippen LogP contribution in [0.25, 0.3) is 6.08 Å². The zero-order valence-electron chi connectivity index (χ0n) is 11.2. The number of phenolic OH excluding ortho intramolecular Hbond substituents is 1. The molecule has 0 aromatic heterocycles. The molecule has 3 nitrogen and oxygen atoms in total. The van der Waals surface area contributed by atoms with Crippen molar-refractivity contribution in [2.45, 2.75) is 6.92 Å². The number of ether oxygens (including phenoxy) is 1. The number of hydrogen-bond donors (Lipinski definition) is 1. The minimum absolute atomic E-state index is 0.127. The average molecular weight is 268 g/mol. The Morgan fingerprint density at radius 2 is 2.00 bits per heavy atom. The van der Waals surface area contributed by atoms with Crippen molar-refractivity contribution in [1.29, 1.82) is 0 Å². The van der Waals surface area contributed by atoms with Gasteiger partial charge in [0.15, 0.2) is 5.78 Å². The van der Waals surface area contributed by atoms with E-state index in [1.165, 1.54) is 6.08 Å². The van der Waals surface area contributed by atoms with Gasteiger partial charge in [-0.1, -0.05) is 30.3 Å². The molecule has 0 amide bonds. The number of carbonyl (C=O) groups excluding carboxylic acids is 1. The number of rotatable bonds is 5. The van der Waals surface area contributed by atoms with Gasteiger partial charge in [-0.05, 0) is 42.8 Å². The zero-order valence-corrected chi connectivity index (χ0v) is 11.2. The number of hydrogen-bond acceptors (Lipinski definition) is 3. The largest absolute Gasteiger partial charge is 0.508 e. The average Bonchev–Trinajstić information content (AvgIpc) is 2.46. The van der Waals surface area contributed by atoms with Crippen LogP contribution in [0.5, 0.6) is 11.5 Å². The predicted octanol–water partition coefficient (Wildman–Crippen LogP) is 3.69. The van der Waals surface area contributed by atoms with Gasteiger partial charge in [-0.2, -0.15) is 0 Å². The molecule has 0 heterocycles. The first-order valence-corrected chi connectivity index (χ1v) is 6.44. The lowest BCUT2D eigenvalue weighted by Crippen LogP contribution is -2.01. The highest BCUT2D eigenvalue weighted by Crippen LogP contribution is 2.19. The molecule has 2 aromatic rings. The Hall–Kier alpha value is -2.55. The molecule has 0 spiro atoms. The molecule has 0 unspecified atom stereocenters. The van der Waals surface area contributed by atoms with Crippen LogP contribution in [-0.4, -0.2) is 17.5 Å². The third-order valence-corrected chi connectivity index (χ3v) is 2.75. The van der Waals surface area contributed by atoms with E-state index >= 15 is 0 Å². The maximum atomic E-state index is 12.2. The summed E-state index contributed by atoms with van der Waals surface area (Å²) in [5.41, 5.74) is 1.30. The molecule has 0 fully saturated rings. The lowest BCUT2D eigenvalue weighted by molar-refractivity contribution is 0.104. The summed E-state index contributed by atoms with van der Waals surface area (Å²) in [6.45, 7) is 2.39. The standard InChI is InChI=1S/C17H16O3/c1-2-20-17-9-4-3-8-15(17)16(19)11-10-13-6-5-7-14(18)12-13/h3-12,18H,2H2,1H3/b11-10+. The highest BCUT2D eigenvalue weighted by atomic mass is 16.5. The molecule has 0 bridgehead atoms. The van der Waals surface area contributed by atoms with Crippen molar-refractivity contribution in [3.05, 3.63) is 65.7 Å². The quantitative estimate of drug-likeness (QED) is 0.664. The molecule has 102 valence electrons. The number of phenols is 1. The van der Waals surface area contributed by atoms with Crippen LogP contribution in [0.4, 0.5) is 0 Å². The summed E-state index contributed by atoms with van der Waals surface area (Å²) in [7, 11) is 0. The molecule has 0 radical (unpaired) electrons. The second kappa shape index (κ2) is 6.57. The van der Waals surface area contributed by atoms with Crippen molar-refractivity contribution in [2.24, 2.45) is 0 Å². The van der Waals surface area contributed by atoms with Crippen LogP contribution in [0, 0.1) is 0 Å². The van der Waals surface area contributed by atoms with Gasteiger partial charge in [-0.3, -0.25) is 4.79 Å². The van der Waals surface area contributed by atoms with Gasteiger partial charge in [0.2, 0.25) is 0 Å². The van der Waals surface area contributed by atoms with Gasteiger partial charge in [0.25, 0.3) is 0 Å². The maximum absolute atomic E-state index is 12.2. The molecule has 3 heteroatoms. The number of para-hydroxylation sites is 1. The fourth-order valence-electron chi connectivity index (χ4n) is 1.84. The Morgan fingerprint density at radius 3 is 2.75 bits per heavy atom. The molecule has 0 aliphatic heterocycles. The van der Waals surface area contributed by atoms with Crippen LogP contribution in [0.3, 0.4) is 0 Å². The van der Waals surface area contributed by atoms with Crippen LogP contribution < -0.4 is 4.74 Å². The molecular formula is C17H16O3. The van der Waals surface area contributed by atoms with Crippen LogP contribution in [0.1, 0.15) is 22.8 Å². The number of benzene rings is 2. The van der Waals surface area contributed by atoms with E-state index in [0.29, 0.717) is 17.9 Å². The van der Waals surface area contributed by atoms with Crippen molar-refractivity contribution in [1.82, 2.24) is 0 Å². The lowest BCUT2D eigenvalue weighted by atomic mass is 10.1. The Balaban J connectivity index is 2.20. The Bertz CT molecular complexity index is 630. The van der Waals surface area contributed by atoms with Gasteiger partial charge in [0.1, 0.15) is 11.5 Å². The van der Waals surface area contributed by atoms with E-state index in [1.54, 1.807) is 42.5 Å². The van der Waals surface area contributed by atoms with Crippen LogP contribution in [0.15, 0.2) is 54.6 Å². The molecule has 0 atom stereocenters. The first kappa shape index (κ1) is 13.9. The smallest absolute Gasteiger partial charge is 0.189 e. The van der Waals surface area contributed by atoms with E-state index in [2.05, 4.69) is 0 Å². The van der Waals surface area contributed by atoms with Gasteiger partial charge in [-0.15, -0.1) is 0 Å². The monoisotopic (exact) mass is 268 g/mol. The van der Waals surface area contributed by atoms with Gasteiger partial charge in [-0.25, -0.2) is 0 Å². The molecule has 2 rings (SSSR count). The summed E-state index contributed by atoms with van der Waals surface area (Å²) in [6, 6.07) is 13.9. The number of allylic oxidation sites excluding steroid dienone is 1. The van der Waals surface area contributed by atoms with Gasteiger partial charge in [0.05, 0.1) is 12.2 Å². The summed E-state index contributed by atoms with van der Waals surface area (Å²) in [4.78, 5) is 12.2. The first-order valence-electron chi connectivity index (χ1n) is 6.44. The van der Waals surface area contributed by atoms with Crippen molar-refractivity contribution in [3.63, 3.8) is 0 Å². The van der Waals surface area contributed by atoms with Gasteiger partial charge < -0.3 is 9.84 Å². The molecule has 0 aliphatic carbocycles. The van der Waals surface area contributed by atoms with Crippen LogP contribution in [0.2, 0.25) is 0 Å². The van der Waals surface area contributed by atoms with E-state index in [4.69, 9.17) is 4.74 Å². The SMILES string of the molecule is CCOc1ccccc1C(=O)/C=C/c1cccc(O)c1. The van der Waals surface area contributed by atoms with Crippen LogP contribution in [-0.2, 0) is 0 Å². The van der Waals surface area contributed by atoms with Crippen molar-refractivity contribution in [3.8, 4) is 11.5 Å². The second-order valence-electron chi connectivity index (χ2n) is 4.22. The van der Waals surface area contributed by atoms with E-state index in [-0.39, 0.29) is 11.5 Å². The summed E-state index contributed by atoms with van der Waals surface area (Å²) in [5, 5.41) is 9.37. The Kier molecular flexibility index (Phi) is 4.56. The van der Waals surface area contributed by atoms with Gasteiger partial charge in [0, 0.05) is 0 Å². The highest BCUT2D eigenvalue weighted by molar-refractivity contribution is 6.08. The van der Waals surface area contributed by atoms with Gasteiger partial charge >= 0.3 is 0 Å². The fraction of sp³-hybridized carbons (Fsp3) is 0.118. The Morgan fingerprint density at radius 1 is 1.20 bits per heavy atom. The predicted molar refractivity (Wildman–Crippen MR) is 79.1 cm³/mol. The lowest BCUT2D eigenvalue weighted by Gasteiger charge is -2.06. The molecule has 0 saturated carbocycles. The highest BCUT2D eigenvalue weighted by Gasteiger charge is 2.08. The summed E-state index contributed by atoms with van der Waals surface area (Å²) in [5.74, 6) is 0.632. The van der Waals surface area contributed by atoms with Crippen molar-refractivity contribution < 1.29 is 14.6 Å². The van der Waals surface area contributed by atoms with E-state index in [9.17, 15) is 9.90 Å². The second-order valence-corrected chi connectivity index (χ2v) is 4.22. The normalized spacial score (nSPS) is 10.7.